The zero-order valence-electron chi connectivity index (χ0n) is 11.3. The minimum Gasteiger partial charge on any atom is -0.492 e. The highest BCUT2D eigenvalue weighted by molar-refractivity contribution is 9.10. The van der Waals surface area contributed by atoms with Gasteiger partial charge < -0.3 is 14.8 Å². The maximum Gasteiger partial charge on any atom is 0.137 e. The fourth-order valence-corrected chi connectivity index (χ4v) is 2.02. The summed E-state index contributed by atoms with van der Waals surface area (Å²) in [5.74, 6) is 1.46. The molecule has 0 aliphatic carbocycles. The normalized spacial score (nSPS) is 10.9. The molecule has 1 aromatic carbocycles. The maximum absolute atomic E-state index is 5.87. The molecule has 1 N–H and O–H groups in total. The Hall–Kier alpha value is -0.580. The molecule has 0 amide bonds. The molecule has 0 saturated carbocycles. The standard InChI is InChI=1S/C14H22BrNO2/c1-11(2)10-18-14-12(5-4-6-13(14)15)9-16-7-8-17-3/h4-6,11,16H,7-10H2,1-3H3. The second kappa shape index (κ2) is 8.51. The number of hydrogen-bond acceptors (Lipinski definition) is 3. The van der Waals surface area contributed by atoms with Crippen LogP contribution in [0.25, 0.3) is 0 Å². The van der Waals surface area contributed by atoms with Crippen molar-refractivity contribution >= 4 is 15.9 Å². The number of rotatable bonds is 8. The Labute approximate surface area is 118 Å². The lowest BCUT2D eigenvalue weighted by molar-refractivity contribution is 0.199. The number of halogens is 1. The van der Waals surface area contributed by atoms with Gasteiger partial charge in [0.15, 0.2) is 0 Å². The minimum absolute atomic E-state index is 0.520. The van der Waals surface area contributed by atoms with Crippen molar-refractivity contribution in [1.29, 1.82) is 0 Å². The van der Waals surface area contributed by atoms with E-state index in [4.69, 9.17) is 9.47 Å². The molecule has 0 aliphatic heterocycles. The summed E-state index contributed by atoms with van der Waals surface area (Å²) in [6.07, 6.45) is 0. The lowest BCUT2D eigenvalue weighted by atomic mass is 10.2. The van der Waals surface area contributed by atoms with Gasteiger partial charge in [-0.2, -0.15) is 0 Å². The van der Waals surface area contributed by atoms with Gasteiger partial charge in [-0.1, -0.05) is 26.0 Å². The Kier molecular flexibility index (Phi) is 7.32. The van der Waals surface area contributed by atoms with Crippen molar-refractivity contribution in [3.05, 3.63) is 28.2 Å². The van der Waals surface area contributed by atoms with Gasteiger partial charge in [0.1, 0.15) is 5.75 Å². The van der Waals surface area contributed by atoms with Gasteiger partial charge in [-0.25, -0.2) is 0 Å². The van der Waals surface area contributed by atoms with E-state index in [1.54, 1.807) is 7.11 Å². The SMILES string of the molecule is COCCNCc1cccc(Br)c1OCC(C)C. The molecule has 0 heterocycles. The molecule has 4 heteroatoms. The Balaban J connectivity index is 2.61. The second-order valence-corrected chi connectivity index (χ2v) is 5.46. The Morgan fingerprint density at radius 3 is 2.78 bits per heavy atom. The van der Waals surface area contributed by atoms with Crippen molar-refractivity contribution < 1.29 is 9.47 Å². The lowest BCUT2D eigenvalue weighted by Crippen LogP contribution is -2.19. The number of ether oxygens (including phenoxy) is 2. The summed E-state index contributed by atoms with van der Waals surface area (Å²) in [6, 6.07) is 6.12. The number of hydrogen-bond donors (Lipinski definition) is 1. The highest BCUT2D eigenvalue weighted by Gasteiger charge is 2.08. The van der Waals surface area contributed by atoms with Crippen molar-refractivity contribution in [3.63, 3.8) is 0 Å². The highest BCUT2D eigenvalue weighted by Crippen LogP contribution is 2.29. The largest absolute Gasteiger partial charge is 0.492 e. The number of methoxy groups -OCH3 is 1. The molecule has 3 nitrogen and oxygen atoms in total. The van der Waals surface area contributed by atoms with Gasteiger partial charge in [0.25, 0.3) is 0 Å². The molecular formula is C14H22BrNO2. The molecule has 0 spiro atoms. The number of benzene rings is 1. The van der Waals surface area contributed by atoms with Gasteiger partial charge in [0.2, 0.25) is 0 Å². The predicted octanol–water partition coefficient (Wildman–Crippen LogP) is 3.22. The number of nitrogens with one attached hydrogen (secondary N) is 1. The van der Waals surface area contributed by atoms with Crippen LogP contribution in [-0.2, 0) is 11.3 Å². The van der Waals surface area contributed by atoms with Gasteiger partial charge in [-0.15, -0.1) is 0 Å². The topological polar surface area (TPSA) is 30.5 Å². The monoisotopic (exact) mass is 315 g/mol. The van der Waals surface area contributed by atoms with Gasteiger partial charge in [-0.3, -0.25) is 0 Å². The van der Waals surface area contributed by atoms with Gasteiger partial charge >= 0.3 is 0 Å². The van der Waals surface area contributed by atoms with E-state index in [1.807, 2.05) is 12.1 Å². The third-order valence-corrected chi connectivity index (χ3v) is 3.03. The smallest absolute Gasteiger partial charge is 0.137 e. The van der Waals surface area contributed by atoms with Crippen molar-refractivity contribution in [1.82, 2.24) is 5.32 Å². The first kappa shape index (κ1) is 15.5. The molecular weight excluding hydrogens is 294 g/mol. The summed E-state index contributed by atoms with van der Waals surface area (Å²) in [5.41, 5.74) is 1.17. The van der Waals surface area contributed by atoms with Crippen LogP contribution in [0.5, 0.6) is 5.75 Å². The van der Waals surface area contributed by atoms with E-state index in [-0.39, 0.29) is 0 Å². The molecule has 0 unspecified atom stereocenters. The third kappa shape index (κ3) is 5.38. The van der Waals surface area contributed by atoms with E-state index in [0.717, 1.165) is 36.5 Å². The van der Waals surface area contributed by atoms with E-state index in [1.165, 1.54) is 5.56 Å². The van der Waals surface area contributed by atoms with Crippen molar-refractivity contribution in [3.8, 4) is 5.75 Å². The fraction of sp³-hybridized carbons (Fsp3) is 0.571. The molecule has 1 rings (SSSR count). The molecule has 0 saturated heterocycles. The maximum atomic E-state index is 5.87. The Morgan fingerprint density at radius 2 is 2.11 bits per heavy atom. The molecule has 0 bridgehead atoms. The van der Waals surface area contributed by atoms with Crippen LogP contribution in [0.1, 0.15) is 19.4 Å². The molecule has 18 heavy (non-hydrogen) atoms. The minimum atomic E-state index is 0.520. The molecule has 1 aromatic rings. The molecule has 0 aliphatic rings. The number of para-hydroxylation sites is 1. The summed E-state index contributed by atoms with van der Waals surface area (Å²) in [4.78, 5) is 0. The summed E-state index contributed by atoms with van der Waals surface area (Å²) < 4.78 is 11.9. The van der Waals surface area contributed by atoms with Crippen LogP contribution in [0, 0.1) is 5.92 Å². The van der Waals surface area contributed by atoms with Crippen LogP contribution in [0.3, 0.4) is 0 Å². The second-order valence-electron chi connectivity index (χ2n) is 4.60. The molecule has 0 radical (unpaired) electrons. The van der Waals surface area contributed by atoms with Crippen LogP contribution >= 0.6 is 15.9 Å². The first-order valence-corrected chi connectivity index (χ1v) is 7.04. The first-order valence-electron chi connectivity index (χ1n) is 6.25. The molecule has 102 valence electrons. The predicted molar refractivity (Wildman–Crippen MR) is 78.1 cm³/mol. The average Bonchev–Trinajstić information content (AvgIpc) is 2.33. The van der Waals surface area contributed by atoms with Crippen molar-refractivity contribution in [2.45, 2.75) is 20.4 Å². The Morgan fingerprint density at radius 1 is 1.33 bits per heavy atom. The molecule has 0 fully saturated rings. The van der Waals surface area contributed by atoms with Gasteiger partial charge in [0, 0.05) is 25.8 Å². The van der Waals surface area contributed by atoms with Crippen LogP contribution < -0.4 is 10.1 Å². The summed E-state index contributed by atoms with van der Waals surface area (Å²) in [6.45, 7) is 7.37. The third-order valence-electron chi connectivity index (χ3n) is 2.41. The van der Waals surface area contributed by atoms with E-state index in [2.05, 4.69) is 41.2 Å². The summed E-state index contributed by atoms with van der Waals surface area (Å²) >= 11 is 3.54. The van der Waals surface area contributed by atoms with Crippen LogP contribution in [-0.4, -0.2) is 26.9 Å². The van der Waals surface area contributed by atoms with Crippen molar-refractivity contribution in [2.24, 2.45) is 5.92 Å². The first-order chi connectivity index (χ1) is 8.65. The fourth-order valence-electron chi connectivity index (χ4n) is 1.50. The van der Waals surface area contributed by atoms with E-state index >= 15 is 0 Å². The van der Waals surface area contributed by atoms with Crippen LogP contribution in [0.4, 0.5) is 0 Å². The highest BCUT2D eigenvalue weighted by atomic mass is 79.9. The van der Waals surface area contributed by atoms with E-state index < -0.39 is 0 Å². The zero-order valence-corrected chi connectivity index (χ0v) is 12.9. The zero-order chi connectivity index (χ0) is 13.4. The van der Waals surface area contributed by atoms with E-state index in [9.17, 15) is 0 Å². The lowest BCUT2D eigenvalue weighted by Gasteiger charge is -2.15. The molecule has 0 aromatic heterocycles. The van der Waals surface area contributed by atoms with E-state index in [0.29, 0.717) is 5.92 Å². The molecule has 0 atom stereocenters. The van der Waals surface area contributed by atoms with Gasteiger partial charge in [-0.05, 0) is 27.9 Å². The quantitative estimate of drug-likeness (QED) is 0.747. The van der Waals surface area contributed by atoms with Crippen LogP contribution in [0.2, 0.25) is 0 Å². The average molecular weight is 316 g/mol. The van der Waals surface area contributed by atoms with Gasteiger partial charge in [0.05, 0.1) is 17.7 Å². The summed E-state index contributed by atoms with van der Waals surface area (Å²) in [7, 11) is 1.71. The summed E-state index contributed by atoms with van der Waals surface area (Å²) in [5, 5.41) is 3.33. The van der Waals surface area contributed by atoms with Crippen molar-refractivity contribution in [2.75, 3.05) is 26.9 Å². The Bertz CT molecular complexity index is 356. The van der Waals surface area contributed by atoms with Crippen LogP contribution in [0.15, 0.2) is 22.7 Å².